The van der Waals surface area contributed by atoms with E-state index in [0.717, 1.165) is 18.6 Å². The Balaban J connectivity index is 1.89. The van der Waals surface area contributed by atoms with Crippen LogP contribution in [0.4, 0.5) is 14.5 Å². The van der Waals surface area contributed by atoms with Gasteiger partial charge < -0.3 is 10.6 Å². The zero-order chi connectivity index (χ0) is 11.5. The molecule has 16 heavy (non-hydrogen) atoms. The smallest absolute Gasteiger partial charge is 0.220 e. The van der Waals surface area contributed by atoms with Crippen LogP contribution in [0.15, 0.2) is 18.2 Å². The van der Waals surface area contributed by atoms with E-state index in [9.17, 15) is 13.6 Å². The summed E-state index contributed by atoms with van der Waals surface area (Å²) in [6, 6.07) is 3.72. The Labute approximate surface area is 91.8 Å². The first-order chi connectivity index (χ1) is 7.65. The zero-order valence-electron chi connectivity index (χ0n) is 8.59. The second kappa shape index (κ2) is 4.47. The maximum atomic E-state index is 12.9. The Kier molecular flexibility index (Phi) is 3.03. The minimum absolute atomic E-state index is 0.0390. The van der Waals surface area contributed by atoms with Crippen LogP contribution in [-0.4, -0.2) is 18.5 Å². The fourth-order valence-electron chi connectivity index (χ4n) is 1.68. The highest BCUT2D eigenvalue weighted by Gasteiger charge is 2.20. The fourth-order valence-corrected chi connectivity index (χ4v) is 1.68. The number of rotatable bonds is 3. The molecule has 0 spiro atoms. The Hall–Kier alpha value is -1.65. The number of hydrogen-bond acceptors (Lipinski definition) is 2. The number of halogens is 2. The lowest BCUT2D eigenvalue weighted by Gasteiger charge is -2.12. The molecule has 1 heterocycles. The second-order valence-electron chi connectivity index (χ2n) is 3.81. The van der Waals surface area contributed by atoms with E-state index in [0.29, 0.717) is 18.7 Å². The van der Waals surface area contributed by atoms with Crippen LogP contribution in [-0.2, 0) is 4.79 Å². The number of nitrogens with one attached hydrogen (secondary N) is 2. The first-order valence-electron chi connectivity index (χ1n) is 5.13. The Bertz CT molecular complexity index is 409. The van der Waals surface area contributed by atoms with Gasteiger partial charge in [-0.15, -0.1) is 0 Å². The van der Waals surface area contributed by atoms with Crippen LogP contribution in [0.25, 0.3) is 0 Å². The summed E-state index contributed by atoms with van der Waals surface area (Å²) in [6.45, 7) is 0.525. The number of carbonyl (C=O) groups excluding carboxylic acids is 1. The standard InChI is InChI=1S/C11H12F2N2O/c12-9-3-1-7(5-10(9)13)14-6-8-2-4-11(16)15-8/h1,3,5,8,14H,2,4,6H2,(H,15,16)/t8-/m0/s1. The van der Waals surface area contributed by atoms with Crippen molar-refractivity contribution in [2.45, 2.75) is 18.9 Å². The molecule has 1 amide bonds. The molecule has 0 saturated carbocycles. The molecule has 0 unspecified atom stereocenters. The topological polar surface area (TPSA) is 41.1 Å². The van der Waals surface area contributed by atoms with Gasteiger partial charge in [-0.05, 0) is 24.6 Å². The maximum Gasteiger partial charge on any atom is 0.220 e. The average Bonchev–Trinajstić information content (AvgIpc) is 2.66. The highest BCUT2D eigenvalue weighted by molar-refractivity contribution is 5.78. The normalized spacial score (nSPS) is 19.6. The van der Waals surface area contributed by atoms with Crippen LogP contribution >= 0.6 is 0 Å². The Morgan fingerprint density at radius 2 is 2.19 bits per heavy atom. The molecule has 1 fully saturated rings. The molecule has 0 bridgehead atoms. The molecule has 2 rings (SSSR count). The van der Waals surface area contributed by atoms with Crippen molar-refractivity contribution in [1.29, 1.82) is 0 Å². The van der Waals surface area contributed by atoms with Crippen LogP contribution in [0.2, 0.25) is 0 Å². The molecular weight excluding hydrogens is 214 g/mol. The molecule has 0 aliphatic carbocycles. The predicted octanol–water partition coefficient (Wildman–Crippen LogP) is 1.66. The minimum Gasteiger partial charge on any atom is -0.383 e. The molecule has 1 atom stereocenters. The molecule has 86 valence electrons. The van der Waals surface area contributed by atoms with Crippen molar-refractivity contribution in [3.63, 3.8) is 0 Å². The molecule has 3 nitrogen and oxygen atoms in total. The lowest BCUT2D eigenvalue weighted by molar-refractivity contribution is -0.119. The summed E-state index contributed by atoms with van der Waals surface area (Å²) in [4.78, 5) is 10.9. The van der Waals surface area contributed by atoms with Crippen molar-refractivity contribution in [3.05, 3.63) is 29.8 Å². The number of amides is 1. The molecule has 1 aromatic rings. The van der Waals surface area contributed by atoms with Gasteiger partial charge in [0, 0.05) is 24.7 Å². The van der Waals surface area contributed by atoms with E-state index >= 15 is 0 Å². The molecular formula is C11H12F2N2O. The third-order valence-corrected chi connectivity index (χ3v) is 2.56. The molecule has 0 aromatic heterocycles. The van der Waals surface area contributed by atoms with Crippen LogP contribution in [0.3, 0.4) is 0 Å². The van der Waals surface area contributed by atoms with E-state index in [1.54, 1.807) is 0 Å². The zero-order valence-corrected chi connectivity index (χ0v) is 8.59. The van der Waals surface area contributed by atoms with Gasteiger partial charge >= 0.3 is 0 Å². The van der Waals surface area contributed by atoms with Gasteiger partial charge in [-0.2, -0.15) is 0 Å². The lowest BCUT2D eigenvalue weighted by Crippen LogP contribution is -2.31. The molecule has 1 saturated heterocycles. The SMILES string of the molecule is O=C1CC[C@@H](CNc2ccc(F)c(F)c2)N1. The maximum absolute atomic E-state index is 12.9. The molecule has 1 aromatic carbocycles. The predicted molar refractivity (Wildman–Crippen MR) is 56.0 cm³/mol. The van der Waals surface area contributed by atoms with Gasteiger partial charge in [-0.3, -0.25) is 4.79 Å². The van der Waals surface area contributed by atoms with Crippen molar-refractivity contribution < 1.29 is 13.6 Å². The largest absolute Gasteiger partial charge is 0.383 e. The van der Waals surface area contributed by atoms with Gasteiger partial charge in [-0.25, -0.2) is 8.78 Å². The minimum atomic E-state index is -0.875. The molecule has 0 radical (unpaired) electrons. The number of carbonyl (C=O) groups is 1. The first kappa shape index (κ1) is 10.9. The van der Waals surface area contributed by atoms with Gasteiger partial charge in [0.15, 0.2) is 11.6 Å². The first-order valence-corrected chi connectivity index (χ1v) is 5.13. The van der Waals surface area contributed by atoms with E-state index in [2.05, 4.69) is 10.6 Å². The summed E-state index contributed by atoms with van der Waals surface area (Å²) in [6.07, 6.45) is 1.31. The van der Waals surface area contributed by atoms with Crippen molar-refractivity contribution in [3.8, 4) is 0 Å². The van der Waals surface area contributed by atoms with Crippen molar-refractivity contribution >= 4 is 11.6 Å². The van der Waals surface area contributed by atoms with Crippen molar-refractivity contribution in [2.24, 2.45) is 0 Å². The van der Waals surface area contributed by atoms with Gasteiger partial charge in [0.05, 0.1) is 0 Å². The van der Waals surface area contributed by atoms with Gasteiger partial charge in [0.1, 0.15) is 0 Å². The summed E-state index contributed by atoms with van der Waals surface area (Å²) >= 11 is 0. The van der Waals surface area contributed by atoms with Crippen molar-refractivity contribution in [2.75, 3.05) is 11.9 Å². The average molecular weight is 226 g/mol. The van der Waals surface area contributed by atoms with E-state index in [4.69, 9.17) is 0 Å². The van der Waals surface area contributed by atoms with E-state index in [1.165, 1.54) is 6.07 Å². The monoisotopic (exact) mass is 226 g/mol. The number of hydrogen-bond donors (Lipinski definition) is 2. The summed E-state index contributed by atoms with van der Waals surface area (Å²) in [5, 5.41) is 5.73. The summed E-state index contributed by atoms with van der Waals surface area (Å²) < 4.78 is 25.5. The van der Waals surface area contributed by atoms with E-state index < -0.39 is 11.6 Å². The summed E-state index contributed by atoms with van der Waals surface area (Å²) in [5.41, 5.74) is 0.514. The van der Waals surface area contributed by atoms with Crippen LogP contribution in [0.1, 0.15) is 12.8 Å². The summed E-state index contributed by atoms with van der Waals surface area (Å²) in [7, 11) is 0. The second-order valence-corrected chi connectivity index (χ2v) is 3.81. The summed E-state index contributed by atoms with van der Waals surface area (Å²) in [5.74, 6) is -1.70. The van der Waals surface area contributed by atoms with Gasteiger partial charge in [0.2, 0.25) is 5.91 Å². The fraction of sp³-hybridized carbons (Fsp3) is 0.364. The van der Waals surface area contributed by atoms with Crippen LogP contribution in [0.5, 0.6) is 0 Å². The Morgan fingerprint density at radius 1 is 1.38 bits per heavy atom. The van der Waals surface area contributed by atoms with Crippen LogP contribution in [0, 0.1) is 11.6 Å². The molecule has 5 heteroatoms. The van der Waals surface area contributed by atoms with Crippen molar-refractivity contribution in [1.82, 2.24) is 5.32 Å². The molecule has 1 aliphatic rings. The van der Waals surface area contributed by atoms with Crippen LogP contribution < -0.4 is 10.6 Å². The lowest BCUT2D eigenvalue weighted by atomic mass is 10.2. The third kappa shape index (κ3) is 2.48. The quantitative estimate of drug-likeness (QED) is 0.822. The molecule has 1 aliphatic heterocycles. The highest BCUT2D eigenvalue weighted by atomic mass is 19.2. The number of benzene rings is 1. The Morgan fingerprint density at radius 3 is 2.81 bits per heavy atom. The van der Waals surface area contributed by atoms with Gasteiger partial charge in [0.25, 0.3) is 0 Å². The van der Waals surface area contributed by atoms with Gasteiger partial charge in [-0.1, -0.05) is 0 Å². The number of anilines is 1. The van der Waals surface area contributed by atoms with E-state index in [-0.39, 0.29) is 11.9 Å². The highest BCUT2D eigenvalue weighted by Crippen LogP contribution is 2.14. The van der Waals surface area contributed by atoms with E-state index in [1.807, 2.05) is 0 Å². The molecule has 2 N–H and O–H groups in total. The third-order valence-electron chi connectivity index (χ3n) is 2.56.